The fraction of sp³-hybridized carbons (Fsp3) is 0. The molecule has 74 valence electrons. The summed E-state index contributed by atoms with van der Waals surface area (Å²) in [7, 11) is 0. The molecule has 0 aliphatic heterocycles. The summed E-state index contributed by atoms with van der Waals surface area (Å²) in [5, 5.41) is 11.4. The number of hydrogen-bond donors (Lipinski definition) is 0. The molecule has 0 bridgehead atoms. The second-order valence-electron chi connectivity index (χ2n) is 2.65. The molecule has 0 spiro atoms. The van der Waals surface area contributed by atoms with E-state index in [1.54, 1.807) is 35.7 Å². The van der Waals surface area contributed by atoms with Crippen molar-refractivity contribution >= 4 is 34.7 Å². The Bertz CT molecular complexity index is 503. The van der Waals surface area contributed by atoms with Gasteiger partial charge < -0.3 is 0 Å². The molecule has 1 heterocycles. The lowest BCUT2D eigenvalue weighted by molar-refractivity contribution is 1.24. The Kier molecular flexibility index (Phi) is 3.27. The highest BCUT2D eigenvalue weighted by molar-refractivity contribution is 8.01. The summed E-state index contributed by atoms with van der Waals surface area (Å²) in [6.45, 7) is 0. The van der Waals surface area contributed by atoms with Crippen molar-refractivity contribution in [1.82, 2.24) is 4.98 Å². The molecule has 2 aromatic rings. The summed E-state index contributed by atoms with van der Waals surface area (Å²) in [4.78, 5) is 4.99. The van der Waals surface area contributed by atoms with E-state index in [1.165, 1.54) is 11.8 Å². The van der Waals surface area contributed by atoms with Gasteiger partial charge in [-0.1, -0.05) is 23.4 Å². The van der Waals surface area contributed by atoms with Crippen molar-refractivity contribution in [3.05, 3.63) is 40.4 Å². The zero-order valence-electron chi connectivity index (χ0n) is 7.48. The number of halogens is 1. The Labute approximate surface area is 101 Å². The first-order valence-corrected chi connectivity index (χ1v) is 6.14. The van der Waals surface area contributed by atoms with Crippen LogP contribution in [0.4, 0.5) is 0 Å². The van der Waals surface area contributed by atoms with Gasteiger partial charge in [-0.2, -0.15) is 5.26 Å². The molecular weight excluding hydrogens is 248 g/mol. The van der Waals surface area contributed by atoms with Crippen molar-refractivity contribution in [2.24, 2.45) is 0 Å². The number of nitrogens with zero attached hydrogens (tertiary/aromatic N) is 2. The fourth-order valence-corrected chi connectivity index (χ4v) is 2.96. The van der Waals surface area contributed by atoms with Crippen molar-refractivity contribution in [3.63, 3.8) is 0 Å². The maximum Gasteiger partial charge on any atom is 0.154 e. The van der Waals surface area contributed by atoms with Crippen LogP contribution in [-0.4, -0.2) is 4.98 Å². The SMILES string of the molecule is N#Cc1ccc(Cl)cc1Sc1nccs1. The van der Waals surface area contributed by atoms with Gasteiger partial charge in [0.2, 0.25) is 0 Å². The third-order valence-corrected chi connectivity index (χ3v) is 3.85. The van der Waals surface area contributed by atoms with Crippen molar-refractivity contribution < 1.29 is 0 Å². The number of nitriles is 1. The van der Waals surface area contributed by atoms with E-state index in [2.05, 4.69) is 11.1 Å². The predicted molar refractivity (Wildman–Crippen MR) is 62.4 cm³/mol. The Hall–Kier alpha value is -1.02. The van der Waals surface area contributed by atoms with Crippen LogP contribution in [0.3, 0.4) is 0 Å². The highest BCUT2D eigenvalue weighted by Crippen LogP contribution is 2.33. The zero-order valence-corrected chi connectivity index (χ0v) is 9.86. The highest BCUT2D eigenvalue weighted by Gasteiger charge is 2.06. The van der Waals surface area contributed by atoms with Crippen LogP contribution in [0.15, 0.2) is 39.0 Å². The summed E-state index contributed by atoms with van der Waals surface area (Å²) in [5.41, 5.74) is 0.625. The molecule has 0 amide bonds. The fourth-order valence-electron chi connectivity index (χ4n) is 1.03. The van der Waals surface area contributed by atoms with E-state index >= 15 is 0 Å². The highest BCUT2D eigenvalue weighted by atomic mass is 35.5. The maximum atomic E-state index is 8.91. The van der Waals surface area contributed by atoms with Gasteiger partial charge in [-0.15, -0.1) is 11.3 Å². The van der Waals surface area contributed by atoms with Crippen molar-refractivity contribution in [2.45, 2.75) is 9.24 Å². The second-order valence-corrected chi connectivity index (χ2v) is 5.27. The first-order chi connectivity index (χ1) is 7.29. The molecule has 1 aromatic heterocycles. The number of thiazole rings is 1. The number of aromatic nitrogens is 1. The van der Waals surface area contributed by atoms with Crippen LogP contribution in [0.5, 0.6) is 0 Å². The minimum absolute atomic E-state index is 0.625. The normalized spacial score (nSPS) is 9.87. The monoisotopic (exact) mass is 252 g/mol. The van der Waals surface area contributed by atoms with Crippen LogP contribution in [0, 0.1) is 11.3 Å². The molecular formula is C10H5ClN2S2. The van der Waals surface area contributed by atoms with Gasteiger partial charge in [0.15, 0.2) is 4.34 Å². The second kappa shape index (κ2) is 4.67. The van der Waals surface area contributed by atoms with Crippen molar-refractivity contribution in [2.75, 3.05) is 0 Å². The van der Waals surface area contributed by atoms with E-state index < -0.39 is 0 Å². The van der Waals surface area contributed by atoms with E-state index in [9.17, 15) is 0 Å². The van der Waals surface area contributed by atoms with Gasteiger partial charge in [0.05, 0.1) is 5.56 Å². The van der Waals surface area contributed by atoms with Gasteiger partial charge in [-0.3, -0.25) is 0 Å². The van der Waals surface area contributed by atoms with Gasteiger partial charge in [0.25, 0.3) is 0 Å². The topological polar surface area (TPSA) is 36.7 Å². The van der Waals surface area contributed by atoms with Crippen LogP contribution in [0.1, 0.15) is 5.56 Å². The van der Waals surface area contributed by atoms with E-state index in [0.29, 0.717) is 10.6 Å². The molecule has 2 nitrogen and oxygen atoms in total. The van der Waals surface area contributed by atoms with E-state index in [4.69, 9.17) is 16.9 Å². The summed E-state index contributed by atoms with van der Waals surface area (Å²) < 4.78 is 0.911. The molecule has 0 N–H and O–H groups in total. The van der Waals surface area contributed by atoms with E-state index in [0.717, 1.165) is 9.24 Å². The van der Waals surface area contributed by atoms with Crippen LogP contribution in [0.2, 0.25) is 5.02 Å². The third-order valence-electron chi connectivity index (χ3n) is 1.67. The predicted octanol–water partition coefficient (Wildman–Crippen LogP) is 3.82. The first kappa shape index (κ1) is 10.5. The van der Waals surface area contributed by atoms with E-state index in [1.807, 2.05) is 5.38 Å². The average molecular weight is 253 g/mol. The summed E-state index contributed by atoms with van der Waals surface area (Å²) >= 11 is 8.88. The quantitative estimate of drug-likeness (QED) is 0.815. The Morgan fingerprint density at radius 3 is 3.00 bits per heavy atom. The van der Waals surface area contributed by atoms with Gasteiger partial charge >= 0.3 is 0 Å². The van der Waals surface area contributed by atoms with Crippen LogP contribution in [0.25, 0.3) is 0 Å². The minimum atomic E-state index is 0.625. The summed E-state index contributed by atoms with van der Waals surface area (Å²) in [6, 6.07) is 7.35. The number of hydrogen-bond acceptors (Lipinski definition) is 4. The molecule has 15 heavy (non-hydrogen) atoms. The molecule has 0 fully saturated rings. The molecule has 5 heteroatoms. The van der Waals surface area contributed by atoms with Crippen LogP contribution < -0.4 is 0 Å². The molecule has 0 aliphatic carbocycles. The van der Waals surface area contributed by atoms with Crippen LogP contribution >= 0.6 is 34.7 Å². The minimum Gasteiger partial charge on any atom is -0.238 e. The molecule has 0 unspecified atom stereocenters. The standard InChI is InChI=1S/C10H5ClN2S2/c11-8-2-1-7(6-12)9(5-8)15-10-13-3-4-14-10/h1-5H. The van der Waals surface area contributed by atoms with Gasteiger partial charge in [0, 0.05) is 21.5 Å². The largest absolute Gasteiger partial charge is 0.238 e. The molecule has 0 aliphatic rings. The zero-order chi connectivity index (χ0) is 10.7. The van der Waals surface area contributed by atoms with Crippen molar-refractivity contribution in [3.8, 4) is 6.07 Å². The molecule has 0 saturated heterocycles. The molecule has 0 saturated carbocycles. The first-order valence-electron chi connectivity index (χ1n) is 4.06. The maximum absolute atomic E-state index is 8.91. The Morgan fingerprint density at radius 1 is 1.47 bits per heavy atom. The lowest BCUT2D eigenvalue weighted by Crippen LogP contribution is -1.80. The van der Waals surface area contributed by atoms with Crippen LogP contribution in [-0.2, 0) is 0 Å². The smallest absolute Gasteiger partial charge is 0.154 e. The number of benzene rings is 1. The molecule has 0 atom stereocenters. The van der Waals surface area contributed by atoms with Crippen molar-refractivity contribution in [1.29, 1.82) is 5.26 Å². The van der Waals surface area contributed by atoms with Gasteiger partial charge in [-0.05, 0) is 18.2 Å². The number of rotatable bonds is 2. The lowest BCUT2D eigenvalue weighted by Gasteiger charge is -2.00. The molecule has 0 radical (unpaired) electrons. The Morgan fingerprint density at radius 2 is 2.33 bits per heavy atom. The van der Waals surface area contributed by atoms with Gasteiger partial charge in [0.1, 0.15) is 6.07 Å². The third kappa shape index (κ3) is 2.51. The molecule has 2 rings (SSSR count). The lowest BCUT2D eigenvalue weighted by atomic mass is 10.2. The Balaban J connectivity index is 2.35. The van der Waals surface area contributed by atoms with E-state index in [-0.39, 0.29) is 0 Å². The molecule has 1 aromatic carbocycles. The van der Waals surface area contributed by atoms with Gasteiger partial charge in [-0.25, -0.2) is 4.98 Å². The summed E-state index contributed by atoms with van der Waals surface area (Å²) in [5.74, 6) is 0. The summed E-state index contributed by atoms with van der Waals surface area (Å²) in [6.07, 6.45) is 1.74. The average Bonchev–Trinajstić information content (AvgIpc) is 2.71.